The predicted molar refractivity (Wildman–Crippen MR) is 60.8 cm³/mol. The number of halogens is 3. The molecule has 0 saturated heterocycles. The van der Waals surface area contributed by atoms with E-state index in [1.165, 1.54) is 12.1 Å². The van der Waals surface area contributed by atoms with Crippen molar-refractivity contribution in [3.63, 3.8) is 0 Å². The Morgan fingerprint density at radius 3 is 2.12 bits per heavy atom. The minimum atomic E-state index is -0.679. The number of anilines is 2. The van der Waals surface area contributed by atoms with Gasteiger partial charge in [0, 0.05) is 17.4 Å². The quantitative estimate of drug-likeness (QED) is 0.827. The van der Waals surface area contributed by atoms with Crippen LogP contribution in [0.4, 0.5) is 24.5 Å². The van der Waals surface area contributed by atoms with Crippen molar-refractivity contribution in [2.24, 2.45) is 0 Å². The Kier molecular flexibility index (Phi) is 3.04. The van der Waals surface area contributed by atoms with Crippen LogP contribution in [0, 0.1) is 24.4 Å². The summed E-state index contributed by atoms with van der Waals surface area (Å²) in [6.45, 7) is 1.78. The van der Waals surface area contributed by atoms with Crippen LogP contribution in [0.3, 0.4) is 0 Å². The maximum Gasteiger partial charge on any atom is 0.128 e. The highest BCUT2D eigenvalue weighted by Gasteiger charge is 2.04. The molecule has 0 radical (unpaired) electrons. The molecule has 0 unspecified atom stereocenters. The van der Waals surface area contributed by atoms with Crippen LogP contribution in [0.2, 0.25) is 0 Å². The maximum absolute atomic E-state index is 13.0. The van der Waals surface area contributed by atoms with Crippen LogP contribution in [0.25, 0.3) is 0 Å². The number of hydrogen-bond acceptors (Lipinski definition) is 1. The molecule has 0 bridgehead atoms. The third-order valence-corrected chi connectivity index (χ3v) is 2.34. The standard InChI is InChI=1S/C13H10F3N/c1-8-2-3-9(14)7-13(8)17-12-5-10(15)4-11(16)6-12/h2-7,17H,1H3. The lowest BCUT2D eigenvalue weighted by Crippen LogP contribution is -1.95. The van der Waals surface area contributed by atoms with Gasteiger partial charge in [0.1, 0.15) is 17.5 Å². The topological polar surface area (TPSA) is 12.0 Å². The fourth-order valence-electron chi connectivity index (χ4n) is 1.51. The normalized spacial score (nSPS) is 10.4. The molecule has 1 N–H and O–H groups in total. The lowest BCUT2D eigenvalue weighted by Gasteiger charge is -2.09. The SMILES string of the molecule is Cc1ccc(F)cc1Nc1cc(F)cc(F)c1. The van der Waals surface area contributed by atoms with Crippen molar-refractivity contribution < 1.29 is 13.2 Å². The van der Waals surface area contributed by atoms with E-state index in [0.717, 1.165) is 23.8 Å². The molecule has 0 heterocycles. The molecular formula is C13H10F3N. The average molecular weight is 237 g/mol. The molecule has 0 atom stereocenters. The van der Waals surface area contributed by atoms with Crippen LogP contribution in [0.1, 0.15) is 5.56 Å². The van der Waals surface area contributed by atoms with Gasteiger partial charge in [-0.3, -0.25) is 0 Å². The van der Waals surface area contributed by atoms with Gasteiger partial charge in [0.15, 0.2) is 0 Å². The lowest BCUT2D eigenvalue weighted by atomic mass is 10.2. The van der Waals surface area contributed by atoms with Crippen molar-refractivity contribution >= 4 is 11.4 Å². The second-order valence-corrected chi connectivity index (χ2v) is 3.74. The van der Waals surface area contributed by atoms with Gasteiger partial charge in [-0.25, -0.2) is 13.2 Å². The highest BCUT2D eigenvalue weighted by Crippen LogP contribution is 2.22. The molecule has 2 aromatic carbocycles. The Morgan fingerprint density at radius 1 is 0.824 bits per heavy atom. The van der Waals surface area contributed by atoms with Crippen LogP contribution in [-0.2, 0) is 0 Å². The van der Waals surface area contributed by atoms with E-state index in [9.17, 15) is 13.2 Å². The van der Waals surface area contributed by atoms with E-state index in [4.69, 9.17) is 0 Å². The molecule has 0 aromatic heterocycles. The molecule has 0 spiro atoms. The number of aryl methyl sites for hydroxylation is 1. The van der Waals surface area contributed by atoms with Gasteiger partial charge < -0.3 is 5.32 Å². The van der Waals surface area contributed by atoms with Crippen molar-refractivity contribution in [2.75, 3.05) is 5.32 Å². The first kappa shape index (κ1) is 11.5. The van der Waals surface area contributed by atoms with E-state index in [0.29, 0.717) is 5.69 Å². The molecule has 1 nitrogen and oxygen atoms in total. The summed E-state index contributed by atoms with van der Waals surface area (Å²) < 4.78 is 38.9. The Morgan fingerprint density at radius 2 is 1.47 bits per heavy atom. The fourth-order valence-corrected chi connectivity index (χ4v) is 1.51. The number of benzene rings is 2. The summed E-state index contributed by atoms with van der Waals surface area (Å²) in [6.07, 6.45) is 0. The Hall–Kier alpha value is -1.97. The Labute approximate surface area is 96.9 Å². The van der Waals surface area contributed by atoms with Gasteiger partial charge in [0.25, 0.3) is 0 Å². The van der Waals surface area contributed by atoms with Crippen molar-refractivity contribution in [2.45, 2.75) is 6.92 Å². The molecule has 0 aliphatic rings. The molecule has 0 aliphatic carbocycles. The molecule has 0 fully saturated rings. The zero-order chi connectivity index (χ0) is 12.4. The minimum Gasteiger partial charge on any atom is -0.355 e. The minimum absolute atomic E-state index is 0.246. The number of nitrogens with one attached hydrogen (secondary N) is 1. The van der Waals surface area contributed by atoms with Crippen molar-refractivity contribution in [1.29, 1.82) is 0 Å². The highest BCUT2D eigenvalue weighted by molar-refractivity contribution is 5.63. The second kappa shape index (κ2) is 4.49. The highest BCUT2D eigenvalue weighted by atomic mass is 19.1. The van der Waals surface area contributed by atoms with E-state index >= 15 is 0 Å². The molecule has 88 valence electrons. The van der Waals surface area contributed by atoms with E-state index in [2.05, 4.69) is 5.32 Å². The van der Waals surface area contributed by atoms with Crippen molar-refractivity contribution in [3.05, 3.63) is 59.4 Å². The zero-order valence-electron chi connectivity index (χ0n) is 9.10. The van der Waals surface area contributed by atoms with E-state index in [1.807, 2.05) is 0 Å². The summed E-state index contributed by atoms with van der Waals surface area (Å²) >= 11 is 0. The zero-order valence-corrected chi connectivity index (χ0v) is 9.10. The second-order valence-electron chi connectivity index (χ2n) is 3.74. The maximum atomic E-state index is 13.0. The van der Waals surface area contributed by atoms with Gasteiger partial charge in [-0.05, 0) is 36.8 Å². The van der Waals surface area contributed by atoms with E-state index in [1.54, 1.807) is 13.0 Å². The molecule has 2 rings (SSSR count). The summed E-state index contributed by atoms with van der Waals surface area (Å²) in [4.78, 5) is 0. The third kappa shape index (κ3) is 2.78. The van der Waals surface area contributed by atoms with Crippen LogP contribution in [-0.4, -0.2) is 0 Å². The largest absolute Gasteiger partial charge is 0.355 e. The Balaban J connectivity index is 2.34. The number of rotatable bonds is 2. The molecule has 0 amide bonds. The summed E-state index contributed by atoms with van der Waals surface area (Å²) in [5.41, 5.74) is 1.52. The average Bonchev–Trinajstić information content (AvgIpc) is 2.22. The van der Waals surface area contributed by atoms with Gasteiger partial charge in [-0.2, -0.15) is 0 Å². The molecule has 4 heteroatoms. The molecule has 2 aromatic rings. The predicted octanol–water partition coefficient (Wildman–Crippen LogP) is 4.16. The van der Waals surface area contributed by atoms with Gasteiger partial charge in [0.2, 0.25) is 0 Å². The summed E-state index contributed by atoms with van der Waals surface area (Å²) in [7, 11) is 0. The summed E-state index contributed by atoms with van der Waals surface area (Å²) in [5, 5.41) is 2.77. The number of hydrogen-bond donors (Lipinski definition) is 1. The van der Waals surface area contributed by atoms with Gasteiger partial charge in [-0.15, -0.1) is 0 Å². The van der Waals surface area contributed by atoms with E-state index < -0.39 is 17.5 Å². The summed E-state index contributed by atoms with van der Waals surface area (Å²) in [6, 6.07) is 7.27. The van der Waals surface area contributed by atoms with Crippen LogP contribution in [0.15, 0.2) is 36.4 Å². The Bertz CT molecular complexity index is 532. The summed E-state index contributed by atoms with van der Waals surface area (Å²) in [5.74, 6) is -1.77. The smallest absolute Gasteiger partial charge is 0.128 e. The fraction of sp³-hybridized carbons (Fsp3) is 0.0769. The van der Waals surface area contributed by atoms with Crippen molar-refractivity contribution in [1.82, 2.24) is 0 Å². The third-order valence-electron chi connectivity index (χ3n) is 2.34. The van der Waals surface area contributed by atoms with Crippen LogP contribution < -0.4 is 5.32 Å². The first-order valence-corrected chi connectivity index (χ1v) is 5.04. The van der Waals surface area contributed by atoms with Gasteiger partial charge in [-0.1, -0.05) is 6.07 Å². The molecule has 17 heavy (non-hydrogen) atoms. The van der Waals surface area contributed by atoms with Crippen LogP contribution >= 0.6 is 0 Å². The molecule has 0 aliphatic heterocycles. The molecular weight excluding hydrogens is 227 g/mol. The van der Waals surface area contributed by atoms with Gasteiger partial charge >= 0.3 is 0 Å². The lowest BCUT2D eigenvalue weighted by molar-refractivity contribution is 0.584. The first-order valence-electron chi connectivity index (χ1n) is 5.04. The monoisotopic (exact) mass is 237 g/mol. The van der Waals surface area contributed by atoms with Gasteiger partial charge in [0.05, 0.1) is 0 Å². The molecule has 0 saturated carbocycles. The van der Waals surface area contributed by atoms with Crippen LogP contribution in [0.5, 0.6) is 0 Å². The van der Waals surface area contributed by atoms with Crippen molar-refractivity contribution in [3.8, 4) is 0 Å². The van der Waals surface area contributed by atoms with E-state index in [-0.39, 0.29) is 5.69 Å². The first-order chi connectivity index (χ1) is 8.04.